The number of thioether (sulfide) groups is 1. The van der Waals surface area contributed by atoms with E-state index in [1.165, 1.54) is 35.2 Å². The molecule has 0 bridgehead atoms. The molecule has 4 rings (SSSR count). The van der Waals surface area contributed by atoms with Crippen LogP contribution in [0.4, 0.5) is 10.8 Å². The quantitative estimate of drug-likeness (QED) is 0.193. The molecule has 4 aromatic rings. The van der Waals surface area contributed by atoms with E-state index in [0.29, 0.717) is 43.0 Å². The summed E-state index contributed by atoms with van der Waals surface area (Å²) < 4.78 is 1.75. The van der Waals surface area contributed by atoms with E-state index >= 15 is 0 Å². The van der Waals surface area contributed by atoms with Crippen LogP contribution in [0.15, 0.2) is 53.0 Å². The number of benzene rings is 2. The molecule has 168 valence electrons. The first-order valence-electron chi connectivity index (χ1n) is 9.29. The summed E-state index contributed by atoms with van der Waals surface area (Å²) in [5.74, 6) is 0.376. The summed E-state index contributed by atoms with van der Waals surface area (Å²) in [7, 11) is 1.78. The Bertz CT molecular complexity index is 1360. The molecule has 2 heterocycles. The van der Waals surface area contributed by atoms with Crippen LogP contribution in [-0.2, 0) is 11.8 Å². The minimum Gasteiger partial charge on any atom is -0.305 e. The molecule has 0 aliphatic carbocycles. The molecular formula is C20H14Cl2N6O3S2. The zero-order valence-electron chi connectivity index (χ0n) is 16.9. The molecular weight excluding hydrogens is 507 g/mol. The number of carbonyl (C=O) groups is 1. The van der Waals surface area contributed by atoms with E-state index in [1.807, 2.05) is 0 Å². The number of thiazole rings is 1. The van der Waals surface area contributed by atoms with Crippen molar-refractivity contribution in [3.05, 3.63) is 68.0 Å². The van der Waals surface area contributed by atoms with Gasteiger partial charge in [0.25, 0.3) is 5.69 Å². The Morgan fingerprint density at radius 2 is 2.06 bits per heavy atom. The van der Waals surface area contributed by atoms with E-state index < -0.39 is 4.92 Å². The summed E-state index contributed by atoms with van der Waals surface area (Å²) in [4.78, 5) is 27.3. The maximum Gasteiger partial charge on any atom is 0.270 e. The van der Waals surface area contributed by atoms with Crippen LogP contribution in [-0.4, -0.2) is 36.3 Å². The summed E-state index contributed by atoms with van der Waals surface area (Å²) in [5.41, 5.74) is 1.81. The summed E-state index contributed by atoms with van der Waals surface area (Å²) in [6.07, 6.45) is 0. The first kappa shape index (κ1) is 23.2. The van der Waals surface area contributed by atoms with Crippen molar-refractivity contribution in [1.82, 2.24) is 19.7 Å². The highest BCUT2D eigenvalue weighted by Gasteiger charge is 2.16. The molecule has 0 aliphatic heterocycles. The molecule has 33 heavy (non-hydrogen) atoms. The van der Waals surface area contributed by atoms with Crippen molar-refractivity contribution in [2.75, 3.05) is 11.1 Å². The first-order valence-corrected chi connectivity index (χ1v) is 11.9. The summed E-state index contributed by atoms with van der Waals surface area (Å²) >= 11 is 14.7. The van der Waals surface area contributed by atoms with Crippen LogP contribution in [0, 0.1) is 10.1 Å². The monoisotopic (exact) mass is 520 g/mol. The number of rotatable bonds is 7. The Hall–Kier alpha value is -2.99. The second-order valence-electron chi connectivity index (χ2n) is 6.67. The van der Waals surface area contributed by atoms with Crippen molar-refractivity contribution in [3.8, 4) is 22.6 Å². The molecule has 1 amide bonds. The number of hydrogen-bond acceptors (Lipinski definition) is 8. The zero-order chi connectivity index (χ0) is 23.5. The minimum atomic E-state index is -0.464. The van der Waals surface area contributed by atoms with Crippen molar-refractivity contribution in [1.29, 1.82) is 0 Å². The Kier molecular flexibility index (Phi) is 6.94. The molecule has 0 radical (unpaired) electrons. The summed E-state index contributed by atoms with van der Waals surface area (Å²) in [5, 5.41) is 25.7. The molecule has 2 aromatic heterocycles. The van der Waals surface area contributed by atoms with E-state index in [0.717, 1.165) is 0 Å². The van der Waals surface area contributed by atoms with E-state index in [1.54, 1.807) is 47.3 Å². The van der Waals surface area contributed by atoms with Gasteiger partial charge in [-0.2, -0.15) is 0 Å². The van der Waals surface area contributed by atoms with Crippen molar-refractivity contribution >= 4 is 63.0 Å². The highest BCUT2D eigenvalue weighted by atomic mass is 35.5. The van der Waals surface area contributed by atoms with Gasteiger partial charge in [0.15, 0.2) is 16.1 Å². The molecule has 13 heteroatoms. The van der Waals surface area contributed by atoms with Gasteiger partial charge in [0.05, 0.1) is 21.4 Å². The Balaban J connectivity index is 1.39. The number of hydrogen-bond donors (Lipinski definition) is 1. The number of nitro benzene ring substituents is 1. The standard InChI is InChI=1S/C20H14Cl2N6O3S2/c1-27-18(14-6-5-12(21)8-15(14)22)25-26-20(27)33-10-17(29)24-19-23-16(9-32-19)11-3-2-4-13(7-11)28(30)31/h2-9H,10H2,1H3,(H,23,24,29). The fourth-order valence-corrected chi connectivity index (χ4v) is 4.81. The Morgan fingerprint density at radius 1 is 1.24 bits per heavy atom. The largest absolute Gasteiger partial charge is 0.305 e. The van der Waals surface area contributed by atoms with Crippen LogP contribution >= 0.6 is 46.3 Å². The normalized spacial score (nSPS) is 10.9. The number of aromatic nitrogens is 4. The van der Waals surface area contributed by atoms with Gasteiger partial charge in [-0.15, -0.1) is 21.5 Å². The lowest BCUT2D eigenvalue weighted by atomic mass is 10.1. The average Bonchev–Trinajstić information content (AvgIpc) is 3.39. The Morgan fingerprint density at radius 3 is 2.82 bits per heavy atom. The number of non-ortho nitro benzene ring substituents is 1. The number of nitro groups is 1. The van der Waals surface area contributed by atoms with Gasteiger partial charge in [-0.1, -0.05) is 47.1 Å². The third kappa shape index (κ3) is 5.33. The van der Waals surface area contributed by atoms with E-state index in [4.69, 9.17) is 23.2 Å². The molecule has 0 fully saturated rings. The van der Waals surface area contributed by atoms with Gasteiger partial charge in [0.1, 0.15) is 0 Å². The predicted molar refractivity (Wildman–Crippen MR) is 130 cm³/mol. The number of carbonyl (C=O) groups excluding carboxylic acids is 1. The van der Waals surface area contributed by atoms with Gasteiger partial charge >= 0.3 is 0 Å². The summed E-state index contributed by atoms with van der Waals surface area (Å²) in [6.45, 7) is 0. The third-order valence-corrected chi connectivity index (χ3v) is 6.77. The van der Waals surface area contributed by atoms with Crippen LogP contribution in [0.1, 0.15) is 0 Å². The van der Waals surface area contributed by atoms with Crippen molar-refractivity contribution in [3.63, 3.8) is 0 Å². The second kappa shape index (κ2) is 9.87. The van der Waals surface area contributed by atoms with Crippen LogP contribution in [0.2, 0.25) is 10.0 Å². The molecule has 0 atom stereocenters. The van der Waals surface area contributed by atoms with Gasteiger partial charge in [-0.25, -0.2) is 4.98 Å². The number of nitrogens with one attached hydrogen (secondary N) is 1. The number of amides is 1. The zero-order valence-corrected chi connectivity index (χ0v) is 20.0. The first-order chi connectivity index (χ1) is 15.8. The lowest BCUT2D eigenvalue weighted by molar-refractivity contribution is -0.384. The van der Waals surface area contributed by atoms with E-state index in [9.17, 15) is 14.9 Å². The SMILES string of the molecule is Cn1c(SCC(=O)Nc2nc(-c3cccc([N+](=O)[O-])c3)cs2)nnc1-c1ccc(Cl)cc1Cl. The maximum atomic E-state index is 12.4. The predicted octanol–water partition coefficient (Wildman–Crippen LogP) is 5.55. The van der Waals surface area contributed by atoms with Crippen molar-refractivity contribution in [2.45, 2.75) is 5.16 Å². The molecule has 9 nitrogen and oxygen atoms in total. The van der Waals surface area contributed by atoms with Crippen LogP contribution in [0.5, 0.6) is 0 Å². The van der Waals surface area contributed by atoms with Gasteiger partial charge in [-0.05, 0) is 18.2 Å². The van der Waals surface area contributed by atoms with Gasteiger partial charge in [0, 0.05) is 40.7 Å². The molecule has 0 saturated heterocycles. The van der Waals surface area contributed by atoms with Crippen LogP contribution in [0.3, 0.4) is 0 Å². The lowest BCUT2D eigenvalue weighted by Gasteiger charge is -2.06. The molecule has 0 spiro atoms. The minimum absolute atomic E-state index is 0.0228. The smallest absolute Gasteiger partial charge is 0.270 e. The van der Waals surface area contributed by atoms with E-state index in [-0.39, 0.29) is 17.3 Å². The Labute approximate surface area is 205 Å². The van der Waals surface area contributed by atoms with Gasteiger partial charge < -0.3 is 9.88 Å². The second-order valence-corrected chi connectivity index (χ2v) is 9.32. The van der Waals surface area contributed by atoms with Gasteiger partial charge in [-0.3, -0.25) is 14.9 Å². The molecule has 1 N–H and O–H groups in total. The van der Waals surface area contributed by atoms with E-state index in [2.05, 4.69) is 20.5 Å². The van der Waals surface area contributed by atoms with Crippen LogP contribution in [0.25, 0.3) is 22.6 Å². The highest BCUT2D eigenvalue weighted by molar-refractivity contribution is 7.99. The highest BCUT2D eigenvalue weighted by Crippen LogP contribution is 2.31. The number of anilines is 1. The fourth-order valence-electron chi connectivity index (χ4n) is 2.87. The third-order valence-electron chi connectivity index (χ3n) is 4.44. The maximum absolute atomic E-state index is 12.4. The molecule has 0 aliphatic rings. The van der Waals surface area contributed by atoms with Gasteiger partial charge in [0.2, 0.25) is 5.91 Å². The average molecular weight is 521 g/mol. The van der Waals surface area contributed by atoms with Crippen molar-refractivity contribution < 1.29 is 9.72 Å². The lowest BCUT2D eigenvalue weighted by Crippen LogP contribution is -2.14. The molecule has 0 unspecified atom stereocenters. The number of halogens is 2. The fraction of sp³-hybridized carbons (Fsp3) is 0.100. The number of nitrogens with zero attached hydrogens (tertiary/aromatic N) is 5. The summed E-state index contributed by atoms with van der Waals surface area (Å²) in [6, 6.07) is 11.3. The topological polar surface area (TPSA) is 116 Å². The molecule has 2 aromatic carbocycles. The molecule has 0 saturated carbocycles. The van der Waals surface area contributed by atoms with Crippen LogP contribution < -0.4 is 5.32 Å². The van der Waals surface area contributed by atoms with Crippen molar-refractivity contribution in [2.24, 2.45) is 7.05 Å².